The van der Waals surface area contributed by atoms with Crippen LogP contribution in [0.4, 0.5) is 0 Å². The average molecular weight is 238 g/mol. The van der Waals surface area contributed by atoms with E-state index < -0.39 is 6.10 Å². The van der Waals surface area contributed by atoms with Crippen LogP contribution in [-0.2, 0) is 4.74 Å². The van der Waals surface area contributed by atoms with Gasteiger partial charge in [-0.25, -0.2) is 0 Å². The molecule has 0 bridgehead atoms. The molecule has 1 aromatic rings. The minimum Gasteiger partial charge on any atom is -0.491 e. The monoisotopic (exact) mass is 238 g/mol. The molecule has 17 heavy (non-hydrogen) atoms. The molecule has 1 aromatic carbocycles. The Balaban J connectivity index is 2.45. The molecule has 0 amide bonds. The fourth-order valence-electron chi connectivity index (χ4n) is 1.56. The van der Waals surface area contributed by atoms with E-state index in [1.165, 1.54) is 5.56 Å². The molecule has 0 aliphatic heterocycles. The van der Waals surface area contributed by atoms with Crippen LogP contribution >= 0.6 is 0 Å². The molecule has 0 aliphatic rings. The van der Waals surface area contributed by atoms with E-state index in [2.05, 4.69) is 26.0 Å². The van der Waals surface area contributed by atoms with Crippen LogP contribution in [0.3, 0.4) is 0 Å². The zero-order valence-electron chi connectivity index (χ0n) is 10.8. The van der Waals surface area contributed by atoms with E-state index >= 15 is 0 Å². The summed E-state index contributed by atoms with van der Waals surface area (Å²) in [4.78, 5) is 0. The van der Waals surface area contributed by atoms with Gasteiger partial charge >= 0.3 is 0 Å². The van der Waals surface area contributed by atoms with Crippen LogP contribution in [0.25, 0.3) is 0 Å². The van der Waals surface area contributed by atoms with Crippen molar-refractivity contribution in [3.63, 3.8) is 0 Å². The maximum atomic E-state index is 9.44. The maximum Gasteiger partial charge on any atom is 0.119 e. The molecule has 2 unspecified atom stereocenters. The van der Waals surface area contributed by atoms with Gasteiger partial charge in [0.1, 0.15) is 18.5 Å². The molecule has 0 aliphatic carbocycles. The lowest BCUT2D eigenvalue weighted by molar-refractivity contribution is 0.0325. The van der Waals surface area contributed by atoms with Gasteiger partial charge in [0.05, 0.1) is 6.61 Å². The van der Waals surface area contributed by atoms with Crippen LogP contribution in [-0.4, -0.2) is 31.5 Å². The summed E-state index contributed by atoms with van der Waals surface area (Å²) in [6.45, 7) is 4.94. The fourth-order valence-corrected chi connectivity index (χ4v) is 1.56. The van der Waals surface area contributed by atoms with Crippen molar-refractivity contribution in [3.8, 4) is 5.75 Å². The van der Waals surface area contributed by atoms with E-state index in [4.69, 9.17) is 9.47 Å². The number of rotatable bonds is 7. The molecule has 3 heteroatoms. The summed E-state index contributed by atoms with van der Waals surface area (Å²) in [5.74, 6) is 1.36. The predicted octanol–water partition coefficient (Wildman–Crippen LogP) is 2.59. The first-order chi connectivity index (χ1) is 8.17. The Bertz CT molecular complexity index is 308. The van der Waals surface area contributed by atoms with Crippen molar-refractivity contribution in [1.82, 2.24) is 0 Å². The Morgan fingerprint density at radius 2 is 1.82 bits per heavy atom. The second-order valence-electron chi connectivity index (χ2n) is 4.30. The fraction of sp³-hybridized carbons (Fsp3) is 0.571. The van der Waals surface area contributed by atoms with Gasteiger partial charge < -0.3 is 14.6 Å². The molecule has 0 aromatic heterocycles. The van der Waals surface area contributed by atoms with Crippen LogP contribution in [0.2, 0.25) is 0 Å². The lowest BCUT2D eigenvalue weighted by Gasteiger charge is -2.13. The third-order valence-electron chi connectivity index (χ3n) is 2.86. The van der Waals surface area contributed by atoms with Gasteiger partial charge in [-0.2, -0.15) is 0 Å². The van der Waals surface area contributed by atoms with Gasteiger partial charge in [-0.15, -0.1) is 0 Å². The zero-order chi connectivity index (χ0) is 12.7. The highest BCUT2D eigenvalue weighted by Gasteiger charge is 2.05. The summed E-state index contributed by atoms with van der Waals surface area (Å²) >= 11 is 0. The summed E-state index contributed by atoms with van der Waals surface area (Å²) in [6, 6.07) is 8.04. The van der Waals surface area contributed by atoms with Crippen LogP contribution in [0.5, 0.6) is 5.75 Å². The van der Waals surface area contributed by atoms with Crippen molar-refractivity contribution >= 4 is 0 Å². The quantitative estimate of drug-likeness (QED) is 0.793. The summed E-state index contributed by atoms with van der Waals surface area (Å²) < 4.78 is 10.3. The van der Waals surface area contributed by atoms with Crippen molar-refractivity contribution < 1.29 is 14.6 Å². The van der Waals surface area contributed by atoms with Gasteiger partial charge in [-0.1, -0.05) is 26.0 Å². The highest BCUT2D eigenvalue weighted by atomic mass is 16.5. The molecule has 96 valence electrons. The normalized spacial score (nSPS) is 14.4. The molecule has 1 rings (SSSR count). The smallest absolute Gasteiger partial charge is 0.119 e. The molecule has 0 saturated heterocycles. The first-order valence-electron chi connectivity index (χ1n) is 6.07. The summed E-state index contributed by atoms with van der Waals surface area (Å²) in [7, 11) is 1.56. The van der Waals surface area contributed by atoms with Crippen LogP contribution in [0, 0.1) is 0 Å². The van der Waals surface area contributed by atoms with E-state index in [0.717, 1.165) is 12.2 Å². The van der Waals surface area contributed by atoms with Crippen molar-refractivity contribution in [2.75, 3.05) is 20.3 Å². The van der Waals surface area contributed by atoms with E-state index in [9.17, 15) is 5.11 Å². The minimum absolute atomic E-state index is 0.260. The topological polar surface area (TPSA) is 38.7 Å². The van der Waals surface area contributed by atoms with E-state index in [1.54, 1.807) is 7.11 Å². The van der Waals surface area contributed by atoms with Gasteiger partial charge in [0.25, 0.3) is 0 Å². The second kappa shape index (κ2) is 7.30. The number of ether oxygens (including phenoxy) is 2. The molecule has 0 radical (unpaired) electrons. The Morgan fingerprint density at radius 3 is 2.35 bits per heavy atom. The van der Waals surface area contributed by atoms with Gasteiger partial charge in [0, 0.05) is 7.11 Å². The van der Waals surface area contributed by atoms with Crippen molar-refractivity contribution in [2.45, 2.75) is 32.3 Å². The number of aliphatic hydroxyl groups is 1. The van der Waals surface area contributed by atoms with Crippen molar-refractivity contribution in [2.24, 2.45) is 0 Å². The first kappa shape index (κ1) is 14.0. The Labute approximate surface area is 103 Å². The molecular formula is C14H22O3. The number of hydrogen-bond donors (Lipinski definition) is 1. The van der Waals surface area contributed by atoms with E-state index in [1.807, 2.05) is 12.1 Å². The Hall–Kier alpha value is -1.06. The molecule has 1 N–H and O–H groups in total. The van der Waals surface area contributed by atoms with Crippen molar-refractivity contribution in [3.05, 3.63) is 29.8 Å². The molecule has 2 atom stereocenters. The largest absolute Gasteiger partial charge is 0.491 e. The zero-order valence-corrected chi connectivity index (χ0v) is 10.8. The third kappa shape index (κ3) is 4.75. The Morgan fingerprint density at radius 1 is 1.18 bits per heavy atom. The third-order valence-corrected chi connectivity index (χ3v) is 2.86. The molecule has 0 spiro atoms. The van der Waals surface area contributed by atoms with Gasteiger partial charge in [0.15, 0.2) is 0 Å². The molecule has 0 fully saturated rings. The minimum atomic E-state index is -0.575. The first-order valence-corrected chi connectivity index (χ1v) is 6.07. The van der Waals surface area contributed by atoms with Crippen molar-refractivity contribution in [1.29, 1.82) is 0 Å². The van der Waals surface area contributed by atoms with Gasteiger partial charge in [0.2, 0.25) is 0 Å². The number of methoxy groups -OCH3 is 1. The second-order valence-corrected chi connectivity index (χ2v) is 4.30. The summed E-state index contributed by atoms with van der Waals surface area (Å²) in [6.07, 6.45) is 0.557. The van der Waals surface area contributed by atoms with E-state index in [-0.39, 0.29) is 6.61 Å². The lowest BCUT2D eigenvalue weighted by Crippen LogP contribution is -2.22. The maximum absolute atomic E-state index is 9.44. The Kier molecular flexibility index (Phi) is 6.01. The number of aliphatic hydroxyl groups excluding tert-OH is 1. The highest BCUT2D eigenvalue weighted by Crippen LogP contribution is 2.21. The molecule has 0 heterocycles. The number of hydrogen-bond acceptors (Lipinski definition) is 3. The van der Waals surface area contributed by atoms with Gasteiger partial charge in [-0.3, -0.25) is 0 Å². The van der Waals surface area contributed by atoms with E-state index in [0.29, 0.717) is 12.5 Å². The molecule has 0 saturated carbocycles. The average Bonchev–Trinajstić information content (AvgIpc) is 2.36. The van der Waals surface area contributed by atoms with Crippen LogP contribution in [0.1, 0.15) is 31.7 Å². The number of benzene rings is 1. The summed E-state index contributed by atoms with van der Waals surface area (Å²) in [5, 5.41) is 9.44. The van der Waals surface area contributed by atoms with Crippen LogP contribution < -0.4 is 4.74 Å². The SMILES string of the molecule is CCC(C)c1ccc(OCC(O)COC)cc1. The molecule has 3 nitrogen and oxygen atoms in total. The predicted molar refractivity (Wildman–Crippen MR) is 68.5 cm³/mol. The summed E-state index contributed by atoms with van der Waals surface area (Å²) in [5.41, 5.74) is 1.32. The van der Waals surface area contributed by atoms with Crippen LogP contribution in [0.15, 0.2) is 24.3 Å². The standard InChI is InChI=1S/C14H22O3/c1-4-11(2)12-5-7-14(8-6-12)17-10-13(15)9-16-3/h5-8,11,13,15H,4,9-10H2,1-3H3. The molecular weight excluding hydrogens is 216 g/mol. The van der Waals surface area contributed by atoms with Gasteiger partial charge in [-0.05, 0) is 30.0 Å². The lowest BCUT2D eigenvalue weighted by atomic mass is 9.99. The highest BCUT2D eigenvalue weighted by molar-refractivity contribution is 5.29.